The summed E-state index contributed by atoms with van der Waals surface area (Å²) in [5.74, 6) is -0.517. The first-order valence-corrected chi connectivity index (χ1v) is 12.6. The molecule has 1 unspecified atom stereocenters. The SMILES string of the molecule is CCOC(=O)C1=C(CN2CCN(C(=O)NC(C)C)CC2)N(CC)C(=O)NC1c1cccc(Cl)c1Cl. The predicted octanol–water partition coefficient (Wildman–Crippen LogP) is 3.63. The normalized spacial score (nSPS) is 19.2. The number of esters is 1. The van der Waals surface area contributed by atoms with Crippen LogP contribution >= 0.6 is 23.2 Å². The molecule has 2 aliphatic rings. The van der Waals surface area contributed by atoms with E-state index < -0.39 is 12.0 Å². The topological polar surface area (TPSA) is 94.2 Å². The van der Waals surface area contributed by atoms with Crippen LogP contribution in [-0.2, 0) is 9.53 Å². The van der Waals surface area contributed by atoms with Crippen LogP contribution in [0.1, 0.15) is 39.3 Å². The van der Waals surface area contributed by atoms with Gasteiger partial charge in [0.1, 0.15) is 0 Å². The number of nitrogens with zero attached hydrogens (tertiary/aromatic N) is 3. The molecule has 3 rings (SSSR count). The molecule has 192 valence electrons. The summed E-state index contributed by atoms with van der Waals surface area (Å²) in [4.78, 5) is 44.1. The molecule has 35 heavy (non-hydrogen) atoms. The van der Waals surface area contributed by atoms with Crippen molar-refractivity contribution >= 4 is 41.2 Å². The molecule has 2 N–H and O–H groups in total. The molecule has 1 atom stereocenters. The molecule has 0 bridgehead atoms. The fourth-order valence-electron chi connectivity index (χ4n) is 4.29. The molecule has 1 aromatic rings. The first-order valence-electron chi connectivity index (χ1n) is 11.9. The second-order valence-electron chi connectivity index (χ2n) is 8.72. The monoisotopic (exact) mass is 525 g/mol. The van der Waals surface area contributed by atoms with Crippen molar-refractivity contribution in [3.8, 4) is 0 Å². The quantitative estimate of drug-likeness (QED) is 0.530. The largest absolute Gasteiger partial charge is 0.463 e. The first-order chi connectivity index (χ1) is 16.7. The summed E-state index contributed by atoms with van der Waals surface area (Å²) < 4.78 is 5.41. The van der Waals surface area contributed by atoms with Gasteiger partial charge in [-0.25, -0.2) is 14.4 Å². The number of ether oxygens (including phenoxy) is 1. The van der Waals surface area contributed by atoms with Crippen molar-refractivity contribution < 1.29 is 19.1 Å². The van der Waals surface area contributed by atoms with Gasteiger partial charge in [0.25, 0.3) is 0 Å². The van der Waals surface area contributed by atoms with Crippen LogP contribution in [0.4, 0.5) is 9.59 Å². The highest BCUT2D eigenvalue weighted by atomic mass is 35.5. The van der Waals surface area contributed by atoms with Gasteiger partial charge in [-0.2, -0.15) is 0 Å². The summed E-state index contributed by atoms with van der Waals surface area (Å²) >= 11 is 12.7. The molecule has 0 aliphatic carbocycles. The Morgan fingerprint density at radius 3 is 2.46 bits per heavy atom. The molecule has 0 spiro atoms. The van der Waals surface area contributed by atoms with E-state index in [1.165, 1.54) is 0 Å². The molecule has 1 fully saturated rings. The lowest BCUT2D eigenvalue weighted by Crippen LogP contribution is -2.55. The van der Waals surface area contributed by atoms with Crippen LogP contribution in [-0.4, -0.2) is 84.6 Å². The van der Waals surface area contributed by atoms with Crippen LogP contribution < -0.4 is 10.6 Å². The molecule has 0 saturated carbocycles. The third kappa shape index (κ3) is 6.20. The van der Waals surface area contributed by atoms with E-state index in [-0.39, 0.29) is 29.7 Å². The first kappa shape index (κ1) is 27.1. The van der Waals surface area contributed by atoms with Crippen molar-refractivity contribution in [2.24, 2.45) is 0 Å². The molecule has 2 heterocycles. The number of nitrogens with one attached hydrogen (secondary N) is 2. The highest BCUT2D eigenvalue weighted by Gasteiger charge is 2.39. The number of hydrogen-bond donors (Lipinski definition) is 2. The van der Waals surface area contributed by atoms with E-state index in [1.54, 1.807) is 34.9 Å². The van der Waals surface area contributed by atoms with Gasteiger partial charge >= 0.3 is 18.0 Å². The Bertz CT molecular complexity index is 992. The van der Waals surface area contributed by atoms with Crippen molar-refractivity contribution in [2.45, 2.75) is 39.8 Å². The van der Waals surface area contributed by atoms with Crippen LogP contribution in [0.3, 0.4) is 0 Å². The van der Waals surface area contributed by atoms with Gasteiger partial charge < -0.3 is 20.3 Å². The van der Waals surface area contributed by atoms with Gasteiger partial charge in [-0.3, -0.25) is 9.80 Å². The fourth-order valence-corrected chi connectivity index (χ4v) is 4.71. The Balaban J connectivity index is 1.95. The standard InChI is InChI=1S/C24H33Cl2N5O4/c1-5-31-18(14-29-10-12-30(13-11-29)23(33)27-15(3)4)19(22(32)35-6-2)21(28-24(31)34)16-8-7-9-17(25)20(16)26/h7-9,15,21H,5-6,10-14H2,1-4H3,(H,27,33)(H,28,34). The average Bonchev–Trinajstić information content (AvgIpc) is 2.81. The Kier molecular flexibility index (Phi) is 9.27. The number of piperazine rings is 1. The van der Waals surface area contributed by atoms with Gasteiger partial charge in [0, 0.05) is 51.0 Å². The van der Waals surface area contributed by atoms with E-state index in [1.807, 2.05) is 20.8 Å². The Morgan fingerprint density at radius 2 is 1.86 bits per heavy atom. The molecule has 1 aromatic carbocycles. The highest BCUT2D eigenvalue weighted by Crippen LogP contribution is 2.37. The summed E-state index contributed by atoms with van der Waals surface area (Å²) in [7, 11) is 0. The molecular weight excluding hydrogens is 493 g/mol. The number of likely N-dealkylation sites (N-methyl/N-ethyl adjacent to an activating group) is 1. The molecule has 1 saturated heterocycles. The van der Waals surface area contributed by atoms with Gasteiger partial charge in [0.15, 0.2) is 0 Å². The zero-order valence-electron chi connectivity index (χ0n) is 20.6. The van der Waals surface area contributed by atoms with Crippen molar-refractivity contribution in [3.05, 3.63) is 45.1 Å². The van der Waals surface area contributed by atoms with Gasteiger partial charge in [-0.15, -0.1) is 0 Å². The van der Waals surface area contributed by atoms with Crippen molar-refractivity contribution in [1.29, 1.82) is 0 Å². The van der Waals surface area contributed by atoms with E-state index in [9.17, 15) is 14.4 Å². The highest BCUT2D eigenvalue weighted by molar-refractivity contribution is 6.42. The molecule has 4 amide bonds. The lowest BCUT2D eigenvalue weighted by Gasteiger charge is -2.40. The lowest BCUT2D eigenvalue weighted by atomic mass is 9.94. The van der Waals surface area contributed by atoms with Crippen LogP contribution in [0.5, 0.6) is 0 Å². The maximum absolute atomic E-state index is 13.2. The molecule has 0 aromatic heterocycles. The Morgan fingerprint density at radius 1 is 1.17 bits per heavy atom. The second-order valence-corrected chi connectivity index (χ2v) is 9.50. The molecule has 9 nitrogen and oxygen atoms in total. The van der Waals surface area contributed by atoms with E-state index >= 15 is 0 Å². The smallest absolute Gasteiger partial charge is 0.338 e. The summed E-state index contributed by atoms with van der Waals surface area (Å²) in [6, 6.07) is 3.96. The Hall–Kier alpha value is -2.49. The molecular formula is C24H33Cl2N5O4. The number of carbonyl (C=O) groups is 3. The zero-order valence-corrected chi connectivity index (χ0v) is 22.1. The summed E-state index contributed by atoms with van der Waals surface area (Å²) in [6.07, 6.45) is 0. The maximum Gasteiger partial charge on any atom is 0.338 e. The number of rotatable bonds is 7. The van der Waals surface area contributed by atoms with Crippen LogP contribution in [0.15, 0.2) is 29.5 Å². The van der Waals surface area contributed by atoms with Gasteiger partial charge in [-0.1, -0.05) is 35.3 Å². The number of benzene rings is 1. The van der Waals surface area contributed by atoms with Gasteiger partial charge in [0.05, 0.1) is 28.3 Å². The number of amides is 4. The summed E-state index contributed by atoms with van der Waals surface area (Å²) in [5, 5.41) is 6.42. The second kappa shape index (κ2) is 12.0. The summed E-state index contributed by atoms with van der Waals surface area (Å²) in [6.45, 7) is 10.6. The minimum absolute atomic E-state index is 0.0620. The van der Waals surface area contributed by atoms with Crippen LogP contribution in [0, 0.1) is 0 Å². The number of halogens is 2. The van der Waals surface area contributed by atoms with E-state index in [4.69, 9.17) is 27.9 Å². The zero-order chi connectivity index (χ0) is 25.7. The Labute approximate surface area is 216 Å². The number of hydrogen-bond acceptors (Lipinski definition) is 5. The molecule has 2 aliphatic heterocycles. The maximum atomic E-state index is 13.2. The van der Waals surface area contributed by atoms with Gasteiger partial charge in [-0.05, 0) is 39.3 Å². The van der Waals surface area contributed by atoms with Gasteiger partial charge in [0.2, 0.25) is 0 Å². The van der Waals surface area contributed by atoms with Crippen LogP contribution in [0.2, 0.25) is 10.0 Å². The van der Waals surface area contributed by atoms with E-state index in [2.05, 4.69) is 15.5 Å². The minimum atomic E-state index is -0.802. The van der Waals surface area contributed by atoms with E-state index in [0.29, 0.717) is 61.1 Å². The van der Waals surface area contributed by atoms with E-state index in [0.717, 1.165) is 0 Å². The summed E-state index contributed by atoms with van der Waals surface area (Å²) in [5.41, 5.74) is 1.42. The fraction of sp³-hybridized carbons (Fsp3) is 0.542. The van der Waals surface area contributed by atoms with Crippen molar-refractivity contribution in [3.63, 3.8) is 0 Å². The minimum Gasteiger partial charge on any atom is -0.463 e. The number of urea groups is 2. The molecule has 0 radical (unpaired) electrons. The third-order valence-corrected chi connectivity index (χ3v) is 6.82. The van der Waals surface area contributed by atoms with Crippen molar-refractivity contribution in [1.82, 2.24) is 25.3 Å². The predicted molar refractivity (Wildman–Crippen MR) is 135 cm³/mol. The third-order valence-electron chi connectivity index (χ3n) is 5.99. The van der Waals surface area contributed by atoms with Crippen molar-refractivity contribution in [2.75, 3.05) is 45.9 Å². The number of carbonyl (C=O) groups excluding carboxylic acids is 3. The average molecular weight is 526 g/mol. The lowest BCUT2D eigenvalue weighted by molar-refractivity contribution is -0.139. The van der Waals surface area contributed by atoms with Crippen LogP contribution in [0.25, 0.3) is 0 Å². The molecule has 11 heteroatoms.